The van der Waals surface area contributed by atoms with Gasteiger partial charge in [-0.2, -0.15) is 4.94 Å². The van der Waals surface area contributed by atoms with Crippen LogP contribution in [0, 0.1) is 12.7 Å². The van der Waals surface area contributed by atoms with Crippen LogP contribution in [0.3, 0.4) is 0 Å². The molecule has 3 aliphatic rings. The minimum absolute atomic E-state index is 0.155. The second-order valence-corrected chi connectivity index (χ2v) is 8.58. The van der Waals surface area contributed by atoms with Crippen LogP contribution in [0.25, 0.3) is 22.3 Å². The zero-order chi connectivity index (χ0) is 21.6. The normalized spacial score (nSPS) is 21.0. The van der Waals surface area contributed by atoms with Gasteiger partial charge in [0, 0.05) is 22.6 Å². The van der Waals surface area contributed by atoms with Gasteiger partial charge >= 0.3 is 5.97 Å². The molecule has 1 aromatic carbocycles. The molecule has 2 unspecified atom stereocenters. The van der Waals surface area contributed by atoms with E-state index in [0.29, 0.717) is 29.0 Å². The maximum absolute atomic E-state index is 14.6. The summed E-state index contributed by atoms with van der Waals surface area (Å²) in [6.45, 7) is 4.02. The van der Waals surface area contributed by atoms with E-state index in [1.54, 1.807) is 17.6 Å². The van der Waals surface area contributed by atoms with Crippen molar-refractivity contribution < 1.29 is 23.4 Å². The number of rotatable bonds is 1. The summed E-state index contributed by atoms with van der Waals surface area (Å²) in [6, 6.07) is 3.03. The fourth-order valence-corrected chi connectivity index (χ4v) is 5.40. The van der Waals surface area contributed by atoms with E-state index in [2.05, 4.69) is 11.9 Å². The number of halogens is 2. The van der Waals surface area contributed by atoms with Crippen LogP contribution >= 0.6 is 0 Å². The number of hydrogen-bond donors (Lipinski definition) is 0. The number of nitrogens with zero attached hydrogens (tertiary/aromatic N) is 2. The van der Waals surface area contributed by atoms with E-state index in [1.165, 1.54) is 6.07 Å². The number of ether oxygens (including phenoxy) is 1. The van der Waals surface area contributed by atoms with Crippen LogP contribution < -0.4 is 5.56 Å². The van der Waals surface area contributed by atoms with E-state index >= 15 is 0 Å². The van der Waals surface area contributed by atoms with Crippen LogP contribution in [-0.2, 0) is 34.0 Å². The predicted molar refractivity (Wildman–Crippen MR) is 107 cm³/mol. The summed E-state index contributed by atoms with van der Waals surface area (Å²) in [5.41, 5.74) is 5.24. The Hall–Kier alpha value is -3.13. The zero-order valence-electron chi connectivity index (χ0n) is 16.9. The van der Waals surface area contributed by atoms with Crippen LogP contribution in [0.1, 0.15) is 58.7 Å². The molecular weight excluding hydrogens is 406 g/mol. The van der Waals surface area contributed by atoms with E-state index in [1.807, 2.05) is 0 Å². The number of fused-ring (bicyclic) bond motifs is 5. The first-order valence-corrected chi connectivity index (χ1v) is 10.3. The second kappa shape index (κ2) is 6.20. The molecule has 0 bridgehead atoms. The molecule has 158 valence electrons. The van der Waals surface area contributed by atoms with E-state index in [9.17, 15) is 18.5 Å². The number of esters is 1. The first-order valence-electron chi connectivity index (χ1n) is 10.3. The molecule has 0 fully saturated rings. The second-order valence-electron chi connectivity index (χ2n) is 8.58. The van der Waals surface area contributed by atoms with Gasteiger partial charge in [-0.1, -0.05) is 6.92 Å². The van der Waals surface area contributed by atoms with Crippen molar-refractivity contribution in [2.24, 2.45) is 0 Å². The molecule has 1 aliphatic carbocycles. The zero-order valence-corrected chi connectivity index (χ0v) is 16.9. The molecule has 3 aromatic rings. The Morgan fingerprint density at radius 1 is 1.23 bits per heavy atom. The Labute approximate surface area is 175 Å². The molecule has 8 heteroatoms. The van der Waals surface area contributed by atoms with Gasteiger partial charge in [0.15, 0.2) is 0 Å². The van der Waals surface area contributed by atoms with E-state index in [-0.39, 0.29) is 35.0 Å². The Morgan fingerprint density at radius 2 is 2.03 bits per heavy atom. The number of carbonyl (C=O) groups is 1. The molecule has 0 N–H and O–H groups in total. The summed E-state index contributed by atoms with van der Waals surface area (Å²) in [6.07, 6.45) is 0.0612. The summed E-state index contributed by atoms with van der Waals surface area (Å²) in [4.78, 5) is 33.7. The van der Waals surface area contributed by atoms with Crippen LogP contribution in [0.5, 0.6) is 0 Å². The first kappa shape index (κ1) is 18.6. The molecule has 6 rings (SSSR count). The minimum atomic E-state index is -1.60. The topological polar surface area (TPSA) is 70.4 Å². The van der Waals surface area contributed by atoms with Crippen molar-refractivity contribution in [2.45, 2.75) is 51.9 Å². The van der Waals surface area contributed by atoms with Gasteiger partial charge in [0.05, 0.1) is 29.0 Å². The maximum atomic E-state index is 14.6. The lowest BCUT2D eigenvalue weighted by molar-refractivity contribution is -0.210. The van der Waals surface area contributed by atoms with Gasteiger partial charge < -0.3 is 9.30 Å². The Balaban J connectivity index is 1.69. The number of pyridine rings is 2. The molecule has 31 heavy (non-hydrogen) atoms. The summed E-state index contributed by atoms with van der Waals surface area (Å²) in [5, 5.41) is 0.977. The van der Waals surface area contributed by atoms with Crippen molar-refractivity contribution in [3.63, 3.8) is 0 Å². The van der Waals surface area contributed by atoms with Crippen LogP contribution in [0.2, 0.25) is 0 Å². The molecule has 0 saturated carbocycles. The lowest BCUT2D eigenvalue weighted by atomic mass is 9.79. The summed E-state index contributed by atoms with van der Waals surface area (Å²) in [7, 11) is 0. The molecular formula is C23H18F2N2O4. The highest BCUT2D eigenvalue weighted by atomic mass is 19.3. The summed E-state index contributed by atoms with van der Waals surface area (Å²) < 4.78 is 34.3. The molecule has 6 nitrogen and oxygen atoms in total. The Morgan fingerprint density at radius 3 is 2.81 bits per heavy atom. The average Bonchev–Trinajstić information content (AvgIpc) is 3.11. The average molecular weight is 424 g/mol. The number of aryl methyl sites for hydroxylation is 1. The van der Waals surface area contributed by atoms with Crippen molar-refractivity contribution in [2.75, 3.05) is 0 Å². The van der Waals surface area contributed by atoms with Gasteiger partial charge in [-0.15, -0.1) is 0 Å². The number of carbonyl (C=O) groups excluding carboxylic acids is 1. The lowest BCUT2D eigenvalue weighted by Crippen LogP contribution is -2.32. The van der Waals surface area contributed by atoms with Gasteiger partial charge in [0.2, 0.25) is 6.10 Å². The summed E-state index contributed by atoms with van der Waals surface area (Å²) in [5.74, 6) is -0.956. The molecule has 2 aliphatic heterocycles. The third-order valence-electron chi connectivity index (χ3n) is 7.00. The number of hydrogen-bond acceptors (Lipinski definition) is 5. The smallest absolute Gasteiger partial charge is 0.344 e. The Kier molecular flexibility index (Phi) is 3.72. The fraction of sp³-hybridized carbons (Fsp3) is 0.348. The van der Waals surface area contributed by atoms with Crippen molar-refractivity contribution >= 4 is 16.9 Å². The van der Waals surface area contributed by atoms with Crippen molar-refractivity contribution in [1.29, 1.82) is 0 Å². The van der Waals surface area contributed by atoms with Gasteiger partial charge in [-0.25, -0.2) is 14.2 Å². The van der Waals surface area contributed by atoms with Gasteiger partial charge in [0.1, 0.15) is 12.4 Å². The van der Waals surface area contributed by atoms with E-state index in [0.717, 1.165) is 34.9 Å². The first-order chi connectivity index (χ1) is 14.9. The molecule has 2 atom stereocenters. The highest BCUT2D eigenvalue weighted by Crippen LogP contribution is 2.45. The van der Waals surface area contributed by atoms with Crippen LogP contribution in [0.4, 0.5) is 8.92 Å². The van der Waals surface area contributed by atoms with Gasteiger partial charge in [-0.05, 0) is 53.0 Å². The van der Waals surface area contributed by atoms with Crippen LogP contribution in [-0.4, -0.2) is 15.5 Å². The molecule has 0 saturated heterocycles. The fourth-order valence-electron chi connectivity index (χ4n) is 5.40. The molecule has 4 heterocycles. The number of cyclic esters (lactones) is 1. The molecule has 2 aromatic heterocycles. The van der Waals surface area contributed by atoms with Gasteiger partial charge in [-0.3, -0.25) is 4.79 Å². The Bertz CT molecular complexity index is 1400. The molecule has 0 spiro atoms. The van der Waals surface area contributed by atoms with E-state index in [4.69, 9.17) is 9.72 Å². The standard InChI is InChI=1S/C23H18F2N2O4/c1-9-3-4-11-10(2)15(24)6-16-19(11)18(9)13-7-27-17(20(13)26-16)5-12-14(22(27)28)8-30-23(29)21(12)31-25/h5-6,9,21H,3-4,7-8H2,1-2H3. The van der Waals surface area contributed by atoms with Gasteiger partial charge in [0.25, 0.3) is 5.56 Å². The molecule has 0 radical (unpaired) electrons. The highest BCUT2D eigenvalue weighted by molar-refractivity contribution is 5.93. The predicted octanol–water partition coefficient (Wildman–Crippen LogP) is 3.92. The minimum Gasteiger partial charge on any atom is -0.458 e. The number of benzene rings is 1. The van der Waals surface area contributed by atoms with Crippen molar-refractivity contribution in [1.82, 2.24) is 9.55 Å². The number of aromatic nitrogens is 2. The summed E-state index contributed by atoms with van der Waals surface area (Å²) >= 11 is 0. The third-order valence-corrected chi connectivity index (χ3v) is 7.00. The monoisotopic (exact) mass is 424 g/mol. The highest BCUT2D eigenvalue weighted by Gasteiger charge is 2.38. The van der Waals surface area contributed by atoms with Crippen molar-refractivity contribution in [3.05, 3.63) is 61.7 Å². The lowest BCUT2D eigenvalue weighted by Gasteiger charge is -2.26. The van der Waals surface area contributed by atoms with Crippen molar-refractivity contribution in [3.8, 4) is 11.4 Å². The third kappa shape index (κ3) is 2.31. The molecule has 0 amide bonds. The van der Waals surface area contributed by atoms with E-state index < -0.39 is 12.1 Å². The van der Waals surface area contributed by atoms with Crippen LogP contribution in [0.15, 0.2) is 16.9 Å². The maximum Gasteiger partial charge on any atom is 0.344 e. The SMILES string of the molecule is Cc1c(F)cc2nc3c(c4c2c1CCC4C)Cn1c-3cc2c(c1=O)COC(=O)C2OF. The quantitative estimate of drug-likeness (QED) is 0.433. The largest absolute Gasteiger partial charge is 0.458 e.